The zero-order valence-electron chi connectivity index (χ0n) is 17.0. The molecule has 0 fully saturated rings. The van der Waals surface area contributed by atoms with Crippen LogP contribution in [-0.2, 0) is 30.5 Å². The van der Waals surface area contributed by atoms with Crippen LogP contribution >= 0.6 is 0 Å². The van der Waals surface area contributed by atoms with E-state index in [1.54, 1.807) is 0 Å². The molecule has 0 aliphatic heterocycles. The molecule has 2 rings (SSSR count). The molecule has 152 valence electrons. The lowest BCUT2D eigenvalue weighted by molar-refractivity contribution is -0.136. The number of carboxylic acid groups (broad SMARTS) is 1. The summed E-state index contributed by atoms with van der Waals surface area (Å²) in [4.78, 5) is 13.0. The number of likely N-dealkylation sites (N-methyl/N-ethyl adjacent to an activating group) is 1. The van der Waals surface area contributed by atoms with Crippen molar-refractivity contribution < 1.29 is 14.6 Å². The fourth-order valence-electron chi connectivity index (χ4n) is 3.08. The third kappa shape index (κ3) is 8.11. The van der Waals surface area contributed by atoms with E-state index in [-0.39, 0.29) is 6.42 Å². The van der Waals surface area contributed by atoms with Crippen molar-refractivity contribution in [3.63, 3.8) is 0 Å². The molecule has 0 radical (unpaired) electrons. The summed E-state index contributed by atoms with van der Waals surface area (Å²) in [6.07, 6.45) is 3.37. The molecule has 2 aromatic carbocycles. The molecule has 0 saturated heterocycles. The molecule has 0 aromatic heterocycles. The predicted molar refractivity (Wildman–Crippen MR) is 113 cm³/mol. The topological polar surface area (TPSA) is 75.8 Å². The Hall–Kier alpha value is -2.37. The highest BCUT2D eigenvalue weighted by Crippen LogP contribution is 2.17. The molecular weight excluding hydrogens is 352 g/mol. The summed E-state index contributed by atoms with van der Waals surface area (Å²) in [5.74, 6) is 0.130. The molecule has 0 bridgehead atoms. The van der Waals surface area contributed by atoms with E-state index in [4.69, 9.17) is 15.6 Å². The lowest BCUT2D eigenvalue weighted by atomic mass is 9.97. The fourth-order valence-corrected chi connectivity index (χ4v) is 3.08. The second-order valence-corrected chi connectivity index (χ2v) is 7.39. The molecule has 0 aliphatic carbocycles. The molecule has 28 heavy (non-hydrogen) atoms. The van der Waals surface area contributed by atoms with Gasteiger partial charge in [-0.2, -0.15) is 0 Å². The van der Waals surface area contributed by atoms with Gasteiger partial charge in [0.25, 0.3) is 0 Å². The monoisotopic (exact) mass is 384 g/mol. The summed E-state index contributed by atoms with van der Waals surface area (Å²) in [5, 5.41) is 8.94. The predicted octanol–water partition coefficient (Wildman–Crippen LogP) is 2.93. The van der Waals surface area contributed by atoms with Crippen LogP contribution in [-0.4, -0.2) is 49.8 Å². The van der Waals surface area contributed by atoms with E-state index in [0.717, 1.165) is 37.1 Å². The molecule has 0 atom stereocenters. The van der Waals surface area contributed by atoms with Crippen LogP contribution in [0.15, 0.2) is 42.5 Å². The van der Waals surface area contributed by atoms with Crippen molar-refractivity contribution in [1.29, 1.82) is 0 Å². The van der Waals surface area contributed by atoms with Crippen molar-refractivity contribution in [3.8, 4) is 5.75 Å². The number of hydrogen-bond acceptors (Lipinski definition) is 4. The average Bonchev–Trinajstić information content (AvgIpc) is 2.66. The highest BCUT2D eigenvalue weighted by molar-refractivity contribution is 5.67. The number of carboxylic acids is 1. The van der Waals surface area contributed by atoms with Gasteiger partial charge >= 0.3 is 5.97 Å². The van der Waals surface area contributed by atoms with Crippen LogP contribution in [0.2, 0.25) is 0 Å². The SMILES string of the molecule is CN(C)CCOc1ccc(CCc2cc(CCN)cc(CCC(=O)O)c2)cc1. The van der Waals surface area contributed by atoms with Crippen molar-refractivity contribution in [1.82, 2.24) is 4.90 Å². The highest BCUT2D eigenvalue weighted by atomic mass is 16.5. The second-order valence-electron chi connectivity index (χ2n) is 7.39. The van der Waals surface area contributed by atoms with E-state index >= 15 is 0 Å². The summed E-state index contributed by atoms with van der Waals surface area (Å²) in [6.45, 7) is 2.17. The maximum atomic E-state index is 10.9. The first-order valence-electron chi connectivity index (χ1n) is 9.86. The standard InChI is InChI=1S/C23H32N2O3/c1-25(2)13-14-28-22-8-5-18(6-9-22)3-4-19-15-20(7-10-23(26)27)17-21(16-19)11-12-24/h5-6,8-9,15-17H,3-4,7,10-14,24H2,1-2H3,(H,26,27). The van der Waals surface area contributed by atoms with E-state index in [1.807, 2.05) is 26.2 Å². The number of benzene rings is 2. The molecule has 0 unspecified atom stereocenters. The Morgan fingerprint density at radius 3 is 2.07 bits per heavy atom. The summed E-state index contributed by atoms with van der Waals surface area (Å²) >= 11 is 0. The van der Waals surface area contributed by atoms with Crippen LogP contribution < -0.4 is 10.5 Å². The van der Waals surface area contributed by atoms with Crippen LogP contribution in [0, 0.1) is 0 Å². The molecule has 0 saturated carbocycles. The first-order valence-corrected chi connectivity index (χ1v) is 9.86. The van der Waals surface area contributed by atoms with Gasteiger partial charge in [0.1, 0.15) is 12.4 Å². The molecular formula is C23H32N2O3. The maximum absolute atomic E-state index is 10.9. The normalized spacial score (nSPS) is 11.0. The number of aryl methyl sites for hydroxylation is 3. The van der Waals surface area contributed by atoms with E-state index in [2.05, 4.69) is 35.2 Å². The number of aliphatic carboxylic acids is 1. The van der Waals surface area contributed by atoms with Gasteiger partial charge < -0.3 is 20.5 Å². The number of ether oxygens (including phenoxy) is 1. The van der Waals surface area contributed by atoms with Crippen molar-refractivity contribution in [3.05, 3.63) is 64.7 Å². The lowest BCUT2D eigenvalue weighted by Gasteiger charge is -2.12. The van der Waals surface area contributed by atoms with Crippen molar-refractivity contribution in [2.45, 2.75) is 32.1 Å². The van der Waals surface area contributed by atoms with Gasteiger partial charge in [-0.3, -0.25) is 4.79 Å². The molecule has 5 nitrogen and oxygen atoms in total. The van der Waals surface area contributed by atoms with Crippen LogP contribution in [0.25, 0.3) is 0 Å². The van der Waals surface area contributed by atoms with Crippen LogP contribution in [0.5, 0.6) is 5.75 Å². The molecule has 0 spiro atoms. The molecule has 0 heterocycles. The Morgan fingerprint density at radius 2 is 1.50 bits per heavy atom. The van der Waals surface area contributed by atoms with Crippen molar-refractivity contribution >= 4 is 5.97 Å². The third-order valence-electron chi connectivity index (χ3n) is 4.61. The molecule has 3 N–H and O–H groups in total. The first kappa shape index (κ1) is 21.9. The highest BCUT2D eigenvalue weighted by Gasteiger charge is 2.05. The first-order chi connectivity index (χ1) is 13.5. The molecule has 0 amide bonds. The lowest BCUT2D eigenvalue weighted by Crippen LogP contribution is -2.19. The van der Waals surface area contributed by atoms with Gasteiger partial charge in [-0.15, -0.1) is 0 Å². The smallest absolute Gasteiger partial charge is 0.303 e. The number of rotatable bonds is 12. The largest absolute Gasteiger partial charge is 0.492 e. The maximum Gasteiger partial charge on any atom is 0.303 e. The van der Waals surface area contributed by atoms with Crippen LogP contribution in [0.1, 0.15) is 28.7 Å². The Kier molecular flexibility index (Phi) is 8.98. The van der Waals surface area contributed by atoms with E-state index < -0.39 is 5.97 Å². The Balaban J connectivity index is 1.95. The Labute approximate surface area is 168 Å². The van der Waals surface area contributed by atoms with Crippen molar-refractivity contribution in [2.75, 3.05) is 33.8 Å². The van der Waals surface area contributed by atoms with Gasteiger partial charge in [-0.1, -0.05) is 30.3 Å². The minimum Gasteiger partial charge on any atom is -0.492 e. The zero-order chi connectivity index (χ0) is 20.4. The van der Waals surface area contributed by atoms with E-state index in [9.17, 15) is 4.79 Å². The second kappa shape index (κ2) is 11.5. The number of carbonyl (C=O) groups is 1. The van der Waals surface area contributed by atoms with Gasteiger partial charge in [-0.25, -0.2) is 0 Å². The van der Waals surface area contributed by atoms with Gasteiger partial charge in [0.05, 0.1) is 0 Å². The quantitative estimate of drug-likeness (QED) is 0.588. The van der Waals surface area contributed by atoms with E-state index in [1.165, 1.54) is 16.7 Å². The van der Waals surface area contributed by atoms with E-state index in [0.29, 0.717) is 19.6 Å². The molecule has 2 aromatic rings. The van der Waals surface area contributed by atoms with Gasteiger partial charge in [0.2, 0.25) is 0 Å². The van der Waals surface area contributed by atoms with Crippen molar-refractivity contribution in [2.24, 2.45) is 5.73 Å². The number of nitrogens with two attached hydrogens (primary N) is 1. The Bertz CT molecular complexity index is 742. The summed E-state index contributed by atoms with van der Waals surface area (Å²) < 4.78 is 5.74. The van der Waals surface area contributed by atoms with Gasteiger partial charge in [0.15, 0.2) is 0 Å². The average molecular weight is 385 g/mol. The van der Waals surface area contributed by atoms with Gasteiger partial charge in [0, 0.05) is 13.0 Å². The van der Waals surface area contributed by atoms with Gasteiger partial charge in [-0.05, 0) is 80.7 Å². The minimum atomic E-state index is -0.765. The molecule has 5 heteroatoms. The Morgan fingerprint density at radius 1 is 0.929 bits per heavy atom. The summed E-state index contributed by atoms with van der Waals surface area (Å²) in [6, 6.07) is 14.7. The minimum absolute atomic E-state index is 0.154. The van der Waals surface area contributed by atoms with Crippen LogP contribution in [0.4, 0.5) is 0 Å². The third-order valence-corrected chi connectivity index (χ3v) is 4.61. The summed E-state index contributed by atoms with van der Waals surface area (Å²) in [7, 11) is 4.06. The molecule has 0 aliphatic rings. The number of hydrogen-bond donors (Lipinski definition) is 2. The summed E-state index contributed by atoms with van der Waals surface area (Å²) in [5.41, 5.74) is 10.5. The van der Waals surface area contributed by atoms with Crippen LogP contribution in [0.3, 0.4) is 0 Å². The zero-order valence-corrected chi connectivity index (χ0v) is 17.0. The number of nitrogens with zero attached hydrogens (tertiary/aromatic N) is 1. The fraction of sp³-hybridized carbons (Fsp3) is 0.435.